The smallest absolute Gasteiger partial charge is 0.326 e. The highest BCUT2D eigenvalue weighted by Crippen LogP contribution is 2.12. The van der Waals surface area contributed by atoms with Crippen LogP contribution in [-0.4, -0.2) is 33.0 Å². The largest absolute Gasteiger partial charge is 0.508 e. The highest BCUT2D eigenvalue weighted by atomic mass is 35.5. The number of nitrogens with one attached hydrogen (secondary N) is 1. The molecule has 1 amide bonds. The van der Waals surface area contributed by atoms with E-state index in [1.807, 2.05) is 0 Å². The summed E-state index contributed by atoms with van der Waals surface area (Å²) in [5.41, 5.74) is 0.654. The van der Waals surface area contributed by atoms with Gasteiger partial charge in [0, 0.05) is 6.42 Å². The fraction of sp³-hybridized carbons (Fsp3) is 0.273. The van der Waals surface area contributed by atoms with Gasteiger partial charge in [0.15, 0.2) is 4.84 Å². The number of halogens is 2. The van der Waals surface area contributed by atoms with E-state index in [-0.39, 0.29) is 12.2 Å². The molecule has 1 aromatic carbocycles. The maximum atomic E-state index is 11.2. The lowest BCUT2D eigenvalue weighted by Crippen LogP contribution is -2.44. The van der Waals surface area contributed by atoms with Gasteiger partial charge >= 0.3 is 5.97 Å². The highest BCUT2D eigenvalue weighted by molar-refractivity contribution is 6.53. The lowest BCUT2D eigenvalue weighted by atomic mass is 10.1. The molecule has 0 spiro atoms. The monoisotopic (exact) mass is 291 g/mol. The quantitative estimate of drug-likeness (QED) is 0.714. The fourth-order valence-corrected chi connectivity index (χ4v) is 1.43. The first-order chi connectivity index (χ1) is 8.40. The summed E-state index contributed by atoms with van der Waals surface area (Å²) in [6, 6.07) is 4.87. The zero-order chi connectivity index (χ0) is 13.7. The molecule has 0 bridgehead atoms. The molecule has 0 aromatic heterocycles. The predicted octanol–water partition coefficient (Wildman–Crippen LogP) is 1.31. The van der Waals surface area contributed by atoms with E-state index in [4.69, 9.17) is 33.4 Å². The third-order valence-corrected chi connectivity index (χ3v) is 2.59. The van der Waals surface area contributed by atoms with Crippen LogP contribution in [0.5, 0.6) is 5.75 Å². The topological polar surface area (TPSA) is 86.6 Å². The van der Waals surface area contributed by atoms with Gasteiger partial charge < -0.3 is 15.5 Å². The molecule has 0 saturated carbocycles. The van der Waals surface area contributed by atoms with Crippen LogP contribution in [0.15, 0.2) is 24.3 Å². The van der Waals surface area contributed by atoms with Gasteiger partial charge in [-0.05, 0) is 17.7 Å². The summed E-state index contributed by atoms with van der Waals surface area (Å²) in [5, 5.41) is 20.3. The van der Waals surface area contributed by atoms with Gasteiger partial charge in [0.1, 0.15) is 11.8 Å². The van der Waals surface area contributed by atoms with Gasteiger partial charge in [-0.25, -0.2) is 4.79 Å². The number of phenols is 1. The first kappa shape index (κ1) is 14.6. The predicted molar refractivity (Wildman–Crippen MR) is 66.9 cm³/mol. The number of benzene rings is 1. The third kappa shape index (κ3) is 4.43. The van der Waals surface area contributed by atoms with Gasteiger partial charge in [-0.1, -0.05) is 35.3 Å². The number of alkyl halides is 2. The Balaban J connectivity index is 2.72. The summed E-state index contributed by atoms with van der Waals surface area (Å²) in [7, 11) is 0. The molecule has 0 aliphatic heterocycles. The number of aliphatic carboxylic acids is 1. The Labute approximate surface area is 113 Å². The average molecular weight is 292 g/mol. The molecule has 0 heterocycles. The van der Waals surface area contributed by atoms with Crippen LogP contribution in [0.3, 0.4) is 0 Å². The summed E-state index contributed by atoms with van der Waals surface area (Å²) in [6.45, 7) is 0. The summed E-state index contributed by atoms with van der Waals surface area (Å²) in [4.78, 5) is 20.9. The van der Waals surface area contributed by atoms with Gasteiger partial charge in [-0.15, -0.1) is 0 Å². The van der Waals surface area contributed by atoms with Crippen LogP contribution in [0.2, 0.25) is 0 Å². The van der Waals surface area contributed by atoms with Gasteiger partial charge in [0.2, 0.25) is 0 Å². The van der Waals surface area contributed by atoms with Crippen LogP contribution in [0.4, 0.5) is 0 Å². The zero-order valence-corrected chi connectivity index (χ0v) is 10.6. The number of rotatable bonds is 5. The lowest BCUT2D eigenvalue weighted by Gasteiger charge is -2.14. The minimum atomic E-state index is -1.31. The number of carboxylic acid groups (broad SMARTS) is 1. The highest BCUT2D eigenvalue weighted by Gasteiger charge is 2.23. The van der Waals surface area contributed by atoms with E-state index in [9.17, 15) is 9.59 Å². The molecule has 0 fully saturated rings. The normalized spacial score (nSPS) is 12.2. The van der Waals surface area contributed by atoms with Crippen LogP contribution in [0.1, 0.15) is 5.56 Å². The van der Waals surface area contributed by atoms with E-state index >= 15 is 0 Å². The summed E-state index contributed by atoms with van der Waals surface area (Å²) >= 11 is 10.7. The Morgan fingerprint density at radius 1 is 1.22 bits per heavy atom. The van der Waals surface area contributed by atoms with E-state index < -0.39 is 22.8 Å². The number of amides is 1. The molecule has 0 saturated heterocycles. The van der Waals surface area contributed by atoms with Crippen LogP contribution in [-0.2, 0) is 16.0 Å². The maximum absolute atomic E-state index is 11.2. The van der Waals surface area contributed by atoms with Crippen molar-refractivity contribution in [1.29, 1.82) is 0 Å². The third-order valence-electron chi connectivity index (χ3n) is 2.19. The average Bonchev–Trinajstić information content (AvgIpc) is 2.30. The SMILES string of the molecule is O=C(NC(Cc1ccc(O)cc1)C(=O)O)C(Cl)Cl. The molecule has 1 atom stereocenters. The molecular weight excluding hydrogens is 281 g/mol. The zero-order valence-electron chi connectivity index (χ0n) is 9.14. The maximum Gasteiger partial charge on any atom is 0.326 e. The van der Waals surface area contributed by atoms with Crippen molar-refractivity contribution in [2.75, 3.05) is 0 Å². The van der Waals surface area contributed by atoms with Crippen molar-refractivity contribution in [3.05, 3.63) is 29.8 Å². The second-order valence-corrected chi connectivity index (χ2v) is 4.67. The van der Waals surface area contributed by atoms with Crippen molar-refractivity contribution in [3.8, 4) is 5.75 Å². The summed E-state index contributed by atoms with van der Waals surface area (Å²) in [6.07, 6.45) is 0.0713. The molecule has 7 heteroatoms. The number of carbonyl (C=O) groups excluding carboxylic acids is 1. The Hall–Kier alpha value is -1.46. The van der Waals surface area contributed by atoms with Crippen LogP contribution in [0, 0.1) is 0 Å². The number of carboxylic acids is 1. The minimum absolute atomic E-state index is 0.0713. The van der Waals surface area contributed by atoms with Gasteiger partial charge in [0.25, 0.3) is 5.91 Å². The van der Waals surface area contributed by atoms with E-state index in [0.717, 1.165) is 0 Å². The Bertz CT molecular complexity index is 433. The van der Waals surface area contributed by atoms with Gasteiger partial charge in [-0.2, -0.15) is 0 Å². The Kier molecular flexibility index (Phi) is 5.25. The van der Waals surface area contributed by atoms with Gasteiger partial charge in [0.05, 0.1) is 0 Å². The molecule has 0 radical (unpaired) electrons. The molecule has 98 valence electrons. The van der Waals surface area contributed by atoms with Crippen molar-refractivity contribution in [2.24, 2.45) is 0 Å². The van der Waals surface area contributed by atoms with E-state index in [1.54, 1.807) is 12.1 Å². The van der Waals surface area contributed by atoms with E-state index in [2.05, 4.69) is 5.32 Å². The second kappa shape index (κ2) is 6.47. The fourth-order valence-electron chi connectivity index (χ4n) is 1.30. The Morgan fingerprint density at radius 2 is 1.78 bits per heavy atom. The van der Waals surface area contributed by atoms with Crippen molar-refractivity contribution >= 4 is 35.1 Å². The van der Waals surface area contributed by atoms with Crippen LogP contribution < -0.4 is 5.32 Å². The number of carbonyl (C=O) groups is 2. The second-order valence-electron chi connectivity index (χ2n) is 3.57. The van der Waals surface area contributed by atoms with Crippen molar-refractivity contribution < 1.29 is 19.8 Å². The molecule has 0 aliphatic carbocycles. The van der Waals surface area contributed by atoms with Crippen molar-refractivity contribution in [3.63, 3.8) is 0 Å². The van der Waals surface area contributed by atoms with Crippen LogP contribution in [0.25, 0.3) is 0 Å². The van der Waals surface area contributed by atoms with Crippen LogP contribution >= 0.6 is 23.2 Å². The molecule has 5 nitrogen and oxygen atoms in total. The molecule has 1 rings (SSSR count). The van der Waals surface area contributed by atoms with Crippen molar-refractivity contribution in [2.45, 2.75) is 17.3 Å². The molecule has 0 aliphatic rings. The first-order valence-electron chi connectivity index (χ1n) is 4.99. The Morgan fingerprint density at radius 3 is 2.22 bits per heavy atom. The van der Waals surface area contributed by atoms with Crippen molar-refractivity contribution in [1.82, 2.24) is 5.32 Å². The lowest BCUT2D eigenvalue weighted by molar-refractivity contribution is -0.141. The number of hydrogen-bond donors (Lipinski definition) is 3. The standard InChI is InChI=1S/C11H11Cl2NO4/c12-9(13)10(16)14-8(11(17)18)5-6-1-3-7(15)4-2-6/h1-4,8-9,15H,5H2,(H,14,16)(H,17,18). The molecule has 1 unspecified atom stereocenters. The number of hydrogen-bond acceptors (Lipinski definition) is 3. The number of phenolic OH excluding ortho intramolecular Hbond substituents is 1. The summed E-state index contributed by atoms with van der Waals surface area (Å²) < 4.78 is 0. The minimum Gasteiger partial charge on any atom is -0.508 e. The molecule has 1 aromatic rings. The summed E-state index contributed by atoms with van der Waals surface area (Å²) in [5.74, 6) is -1.87. The van der Waals surface area contributed by atoms with Gasteiger partial charge in [-0.3, -0.25) is 4.79 Å². The van der Waals surface area contributed by atoms with E-state index in [1.165, 1.54) is 12.1 Å². The number of aromatic hydroxyl groups is 1. The van der Waals surface area contributed by atoms with E-state index in [0.29, 0.717) is 5.56 Å². The molecular formula is C11H11Cl2NO4. The molecule has 18 heavy (non-hydrogen) atoms. The molecule has 3 N–H and O–H groups in total. The first-order valence-corrected chi connectivity index (χ1v) is 5.86.